The molecule has 0 fully saturated rings. The van der Waals surface area contributed by atoms with Crippen molar-refractivity contribution >= 4 is 5.91 Å². The first-order valence-electron chi connectivity index (χ1n) is 8.48. The third-order valence-electron chi connectivity index (χ3n) is 3.87. The van der Waals surface area contributed by atoms with Crippen LogP contribution in [0.1, 0.15) is 42.5 Å². The summed E-state index contributed by atoms with van der Waals surface area (Å²) in [6.07, 6.45) is -3.13. The highest BCUT2D eigenvalue weighted by molar-refractivity contribution is 5.77. The van der Waals surface area contributed by atoms with E-state index in [2.05, 4.69) is 5.32 Å². The van der Waals surface area contributed by atoms with Crippen LogP contribution in [0, 0.1) is 0 Å². The van der Waals surface area contributed by atoms with Gasteiger partial charge < -0.3 is 10.1 Å². The highest BCUT2D eigenvalue weighted by atomic mass is 19.4. The SMILES string of the molecule is CCCC(NC(=O)COCc1ccccc1)c1cccc(C(F)(F)F)c1. The van der Waals surface area contributed by atoms with Crippen LogP contribution < -0.4 is 5.32 Å². The van der Waals surface area contributed by atoms with E-state index in [0.717, 1.165) is 24.1 Å². The van der Waals surface area contributed by atoms with Gasteiger partial charge in [-0.15, -0.1) is 0 Å². The maximum absolute atomic E-state index is 12.9. The molecule has 2 aromatic rings. The number of carbonyl (C=O) groups is 1. The Labute approximate surface area is 151 Å². The lowest BCUT2D eigenvalue weighted by Gasteiger charge is -2.20. The van der Waals surface area contributed by atoms with Gasteiger partial charge in [0.15, 0.2) is 0 Å². The predicted molar refractivity (Wildman–Crippen MR) is 93.3 cm³/mol. The largest absolute Gasteiger partial charge is 0.416 e. The smallest absolute Gasteiger partial charge is 0.367 e. The van der Waals surface area contributed by atoms with Crippen LogP contribution in [0.3, 0.4) is 0 Å². The number of rotatable bonds is 8. The van der Waals surface area contributed by atoms with E-state index in [4.69, 9.17) is 4.74 Å². The van der Waals surface area contributed by atoms with Crippen molar-refractivity contribution in [1.82, 2.24) is 5.32 Å². The van der Waals surface area contributed by atoms with Crippen molar-refractivity contribution < 1.29 is 22.7 Å². The molecular formula is C20H22F3NO2. The molecule has 0 spiro atoms. The molecule has 6 heteroatoms. The summed E-state index contributed by atoms with van der Waals surface area (Å²) in [7, 11) is 0. The van der Waals surface area contributed by atoms with Gasteiger partial charge in [-0.1, -0.05) is 55.8 Å². The Bertz CT molecular complexity index is 702. The summed E-state index contributed by atoms with van der Waals surface area (Å²) in [4.78, 5) is 12.1. The fourth-order valence-electron chi connectivity index (χ4n) is 2.61. The minimum Gasteiger partial charge on any atom is -0.367 e. The van der Waals surface area contributed by atoms with Gasteiger partial charge in [0.2, 0.25) is 5.91 Å². The number of ether oxygens (including phenoxy) is 1. The van der Waals surface area contributed by atoms with Crippen molar-refractivity contribution in [2.24, 2.45) is 0 Å². The van der Waals surface area contributed by atoms with E-state index in [1.807, 2.05) is 37.3 Å². The number of alkyl halides is 3. The summed E-state index contributed by atoms with van der Waals surface area (Å²) in [5.41, 5.74) is 0.673. The minimum atomic E-state index is -4.41. The van der Waals surface area contributed by atoms with E-state index >= 15 is 0 Å². The second-order valence-corrected chi connectivity index (χ2v) is 6.01. The van der Waals surface area contributed by atoms with E-state index < -0.39 is 17.8 Å². The van der Waals surface area contributed by atoms with Gasteiger partial charge in [0.1, 0.15) is 6.61 Å². The molecule has 0 aliphatic rings. The third kappa shape index (κ3) is 6.19. The predicted octanol–water partition coefficient (Wildman–Crippen LogP) is 4.88. The van der Waals surface area contributed by atoms with Crippen LogP contribution in [-0.2, 0) is 22.3 Å². The van der Waals surface area contributed by atoms with Crippen LogP contribution in [-0.4, -0.2) is 12.5 Å². The molecule has 1 atom stereocenters. The fourth-order valence-corrected chi connectivity index (χ4v) is 2.61. The van der Waals surface area contributed by atoms with Crippen molar-refractivity contribution in [2.75, 3.05) is 6.61 Å². The molecule has 0 aromatic heterocycles. The van der Waals surface area contributed by atoms with Crippen molar-refractivity contribution in [3.63, 3.8) is 0 Å². The Kier molecular flexibility index (Phi) is 7.21. The van der Waals surface area contributed by atoms with Gasteiger partial charge in [-0.25, -0.2) is 0 Å². The Morgan fingerprint density at radius 1 is 1.12 bits per heavy atom. The summed E-state index contributed by atoms with van der Waals surface area (Å²) in [6.45, 7) is 2.07. The molecule has 3 nitrogen and oxygen atoms in total. The van der Waals surface area contributed by atoms with Gasteiger partial charge in [0.05, 0.1) is 18.2 Å². The number of benzene rings is 2. The minimum absolute atomic E-state index is 0.145. The molecule has 1 N–H and O–H groups in total. The zero-order valence-electron chi connectivity index (χ0n) is 14.6. The number of nitrogens with one attached hydrogen (secondary N) is 1. The molecule has 0 aliphatic carbocycles. The lowest BCUT2D eigenvalue weighted by atomic mass is 10.00. The van der Waals surface area contributed by atoms with Gasteiger partial charge in [-0.2, -0.15) is 13.2 Å². The van der Waals surface area contributed by atoms with Gasteiger partial charge in [-0.05, 0) is 29.7 Å². The van der Waals surface area contributed by atoms with Crippen molar-refractivity contribution in [2.45, 2.75) is 38.6 Å². The Hall–Kier alpha value is -2.34. The van der Waals surface area contributed by atoms with Gasteiger partial charge >= 0.3 is 6.18 Å². The fraction of sp³-hybridized carbons (Fsp3) is 0.350. The zero-order chi connectivity index (χ0) is 19.0. The number of amides is 1. The Morgan fingerprint density at radius 3 is 2.50 bits per heavy atom. The summed E-state index contributed by atoms with van der Waals surface area (Å²) >= 11 is 0. The molecule has 0 saturated carbocycles. The second kappa shape index (κ2) is 9.38. The topological polar surface area (TPSA) is 38.3 Å². The molecule has 0 saturated heterocycles. The molecule has 2 rings (SSSR count). The van der Waals surface area contributed by atoms with Crippen LogP contribution in [0.25, 0.3) is 0 Å². The highest BCUT2D eigenvalue weighted by Crippen LogP contribution is 2.31. The lowest BCUT2D eigenvalue weighted by molar-refractivity contribution is -0.137. The number of hydrogen-bond donors (Lipinski definition) is 1. The molecule has 0 aliphatic heterocycles. The van der Waals surface area contributed by atoms with Crippen LogP contribution in [0.5, 0.6) is 0 Å². The number of halogens is 3. The first-order chi connectivity index (χ1) is 12.4. The summed E-state index contributed by atoms with van der Waals surface area (Å²) in [6, 6.07) is 14.0. The van der Waals surface area contributed by atoms with E-state index in [0.29, 0.717) is 18.6 Å². The van der Waals surface area contributed by atoms with Crippen LogP contribution in [0.15, 0.2) is 54.6 Å². The van der Waals surface area contributed by atoms with E-state index in [9.17, 15) is 18.0 Å². The lowest BCUT2D eigenvalue weighted by Crippen LogP contribution is -2.31. The normalized spacial score (nSPS) is 12.6. The third-order valence-corrected chi connectivity index (χ3v) is 3.87. The standard InChI is InChI=1S/C20H22F3NO2/c1-2-7-18(16-10-6-11-17(12-16)20(21,22)23)24-19(25)14-26-13-15-8-4-3-5-9-15/h3-6,8-12,18H,2,7,13-14H2,1H3,(H,24,25). The number of hydrogen-bond acceptors (Lipinski definition) is 2. The van der Waals surface area contributed by atoms with E-state index in [1.54, 1.807) is 6.07 Å². The molecule has 26 heavy (non-hydrogen) atoms. The quantitative estimate of drug-likeness (QED) is 0.724. The van der Waals surface area contributed by atoms with E-state index in [1.165, 1.54) is 6.07 Å². The van der Waals surface area contributed by atoms with Crippen molar-refractivity contribution in [3.05, 3.63) is 71.3 Å². The average Bonchev–Trinajstić information content (AvgIpc) is 2.62. The molecule has 0 heterocycles. The molecule has 0 bridgehead atoms. The summed E-state index contributed by atoms with van der Waals surface area (Å²) < 4.78 is 44.1. The van der Waals surface area contributed by atoms with Crippen LogP contribution in [0.4, 0.5) is 13.2 Å². The van der Waals surface area contributed by atoms with Gasteiger partial charge in [0, 0.05) is 0 Å². The summed E-state index contributed by atoms with van der Waals surface area (Å²) in [5, 5.41) is 2.77. The molecule has 140 valence electrons. The molecule has 1 amide bonds. The van der Waals surface area contributed by atoms with Crippen molar-refractivity contribution in [3.8, 4) is 0 Å². The van der Waals surface area contributed by atoms with E-state index in [-0.39, 0.29) is 12.5 Å². The van der Waals surface area contributed by atoms with Crippen molar-refractivity contribution in [1.29, 1.82) is 0 Å². The number of carbonyl (C=O) groups excluding carboxylic acids is 1. The van der Waals surface area contributed by atoms with Gasteiger partial charge in [0.25, 0.3) is 0 Å². The van der Waals surface area contributed by atoms with Gasteiger partial charge in [-0.3, -0.25) is 4.79 Å². The second-order valence-electron chi connectivity index (χ2n) is 6.01. The Morgan fingerprint density at radius 2 is 1.85 bits per heavy atom. The molecule has 1 unspecified atom stereocenters. The maximum atomic E-state index is 12.9. The summed E-state index contributed by atoms with van der Waals surface area (Å²) in [5.74, 6) is -0.350. The zero-order valence-corrected chi connectivity index (χ0v) is 14.6. The van der Waals surface area contributed by atoms with Crippen LogP contribution in [0.2, 0.25) is 0 Å². The molecular weight excluding hydrogens is 343 g/mol. The average molecular weight is 365 g/mol. The Balaban J connectivity index is 1.95. The van der Waals surface area contributed by atoms with Crippen LogP contribution >= 0.6 is 0 Å². The molecule has 2 aromatic carbocycles. The monoisotopic (exact) mass is 365 g/mol. The highest BCUT2D eigenvalue weighted by Gasteiger charge is 2.31. The molecule has 0 radical (unpaired) electrons. The maximum Gasteiger partial charge on any atom is 0.416 e. The first-order valence-corrected chi connectivity index (χ1v) is 8.48. The first kappa shape index (κ1) is 20.0.